The van der Waals surface area contributed by atoms with Crippen LogP contribution in [0.2, 0.25) is 0 Å². The van der Waals surface area contributed by atoms with E-state index < -0.39 is 18.1 Å². The molecule has 1 rings (SSSR count). The van der Waals surface area contributed by atoms with Gasteiger partial charge in [-0.15, -0.1) is 0 Å². The maximum absolute atomic E-state index is 12.6. The number of nitrogens with zero attached hydrogens (tertiary/aromatic N) is 1. The van der Waals surface area contributed by atoms with Gasteiger partial charge in [-0.05, 0) is 18.6 Å². The first-order valence-corrected chi connectivity index (χ1v) is 4.94. The number of hydrogen-bond acceptors (Lipinski definition) is 5. The van der Waals surface area contributed by atoms with Crippen molar-refractivity contribution < 1.29 is 18.3 Å². The molecule has 94 valence electrons. The largest absolute Gasteiger partial charge is 0.466 e. The van der Waals surface area contributed by atoms with E-state index in [4.69, 9.17) is 16.2 Å². The smallest absolute Gasteiger partial charge is 0.310 e. The van der Waals surface area contributed by atoms with Crippen molar-refractivity contribution in [2.45, 2.75) is 19.8 Å². The van der Waals surface area contributed by atoms with Crippen LogP contribution in [-0.4, -0.2) is 17.6 Å². The van der Waals surface area contributed by atoms with Gasteiger partial charge in [0.25, 0.3) is 6.43 Å². The van der Waals surface area contributed by atoms with Gasteiger partial charge in [0.2, 0.25) is 0 Å². The minimum atomic E-state index is -2.83. The molecule has 0 spiro atoms. The van der Waals surface area contributed by atoms with Crippen molar-refractivity contribution in [1.29, 1.82) is 0 Å². The molecular formula is C10H13F2N3O2. The van der Waals surface area contributed by atoms with Gasteiger partial charge in [-0.3, -0.25) is 4.79 Å². The summed E-state index contributed by atoms with van der Waals surface area (Å²) in [6.45, 7) is 1.85. The highest BCUT2D eigenvalue weighted by molar-refractivity contribution is 5.76. The lowest BCUT2D eigenvalue weighted by Gasteiger charge is -2.10. The molecule has 0 fully saturated rings. The van der Waals surface area contributed by atoms with E-state index in [0.717, 1.165) is 0 Å². The van der Waals surface area contributed by atoms with Crippen LogP contribution in [0.3, 0.4) is 0 Å². The molecule has 0 atom stereocenters. The fourth-order valence-corrected chi connectivity index (χ4v) is 1.33. The topological polar surface area (TPSA) is 91.2 Å². The molecular weight excluding hydrogens is 232 g/mol. The first-order valence-electron chi connectivity index (χ1n) is 4.94. The predicted molar refractivity (Wildman–Crippen MR) is 58.4 cm³/mol. The summed E-state index contributed by atoms with van der Waals surface area (Å²) in [5.41, 5.74) is 10.2. The van der Waals surface area contributed by atoms with Crippen LogP contribution >= 0.6 is 0 Å². The number of rotatable bonds is 4. The molecule has 0 aliphatic heterocycles. The van der Waals surface area contributed by atoms with Crippen LogP contribution in [0.5, 0.6) is 0 Å². The third-order valence-electron chi connectivity index (χ3n) is 2.04. The molecule has 1 heterocycles. The first kappa shape index (κ1) is 13.1. The van der Waals surface area contributed by atoms with E-state index in [1.807, 2.05) is 0 Å². The second kappa shape index (κ2) is 5.42. The lowest BCUT2D eigenvalue weighted by molar-refractivity contribution is -0.142. The zero-order chi connectivity index (χ0) is 13.0. The molecule has 0 radical (unpaired) electrons. The van der Waals surface area contributed by atoms with Crippen molar-refractivity contribution in [3.63, 3.8) is 0 Å². The molecule has 4 N–H and O–H groups in total. The van der Waals surface area contributed by atoms with Crippen LogP contribution in [0.15, 0.2) is 6.07 Å². The van der Waals surface area contributed by atoms with Gasteiger partial charge >= 0.3 is 5.97 Å². The number of carbonyl (C=O) groups excluding carboxylic acids is 1. The number of hydrogen-bond donors (Lipinski definition) is 2. The Morgan fingerprint density at radius 3 is 2.71 bits per heavy atom. The van der Waals surface area contributed by atoms with Gasteiger partial charge in [0.1, 0.15) is 11.5 Å². The minimum absolute atomic E-state index is 0.103. The van der Waals surface area contributed by atoms with Crippen molar-refractivity contribution >= 4 is 17.5 Å². The lowest BCUT2D eigenvalue weighted by atomic mass is 10.1. The normalized spacial score (nSPS) is 10.6. The number of carbonyl (C=O) groups is 1. The van der Waals surface area contributed by atoms with E-state index in [1.54, 1.807) is 6.92 Å². The standard InChI is InChI=1S/C10H13F2N3O2/c1-2-17-7(16)4-5-3-6(13)15-9(8(5)14)10(11)12/h3,10H,2,4,14H2,1H3,(H2,13,15). The average molecular weight is 245 g/mol. The number of pyridine rings is 1. The number of aromatic nitrogens is 1. The van der Waals surface area contributed by atoms with Gasteiger partial charge in [-0.25, -0.2) is 13.8 Å². The second-order valence-electron chi connectivity index (χ2n) is 3.29. The zero-order valence-electron chi connectivity index (χ0n) is 9.24. The van der Waals surface area contributed by atoms with Crippen molar-refractivity contribution in [2.75, 3.05) is 18.1 Å². The maximum atomic E-state index is 12.6. The van der Waals surface area contributed by atoms with E-state index in [-0.39, 0.29) is 30.1 Å². The van der Waals surface area contributed by atoms with Crippen LogP contribution in [-0.2, 0) is 16.0 Å². The number of anilines is 2. The Kier molecular flexibility index (Phi) is 4.19. The Bertz CT molecular complexity index is 424. The lowest BCUT2D eigenvalue weighted by Crippen LogP contribution is -2.12. The van der Waals surface area contributed by atoms with Gasteiger partial charge in [0.05, 0.1) is 18.7 Å². The van der Waals surface area contributed by atoms with Crippen LogP contribution in [0, 0.1) is 0 Å². The van der Waals surface area contributed by atoms with Crippen molar-refractivity contribution in [1.82, 2.24) is 4.98 Å². The molecule has 0 aliphatic rings. The number of nitrogens with two attached hydrogens (primary N) is 2. The van der Waals surface area contributed by atoms with E-state index in [1.165, 1.54) is 6.07 Å². The molecule has 0 aromatic carbocycles. The zero-order valence-corrected chi connectivity index (χ0v) is 9.24. The maximum Gasteiger partial charge on any atom is 0.310 e. The van der Waals surface area contributed by atoms with Crippen LogP contribution in [0.4, 0.5) is 20.3 Å². The highest BCUT2D eigenvalue weighted by Gasteiger charge is 2.19. The average Bonchev–Trinajstić information content (AvgIpc) is 2.22. The highest BCUT2D eigenvalue weighted by Crippen LogP contribution is 2.27. The number of halogens is 2. The van der Waals surface area contributed by atoms with Gasteiger partial charge in [0, 0.05) is 0 Å². The summed E-state index contributed by atoms with van der Waals surface area (Å²) in [5, 5.41) is 0. The molecule has 0 bridgehead atoms. The molecule has 0 amide bonds. The summed E-state index contributed by atoms with van der Waals surface area (Å²) in [4.78, 5) is 14.7. The highest BCUT2D eigenvalue weighted by atomic mass is 19.3. The SMILES string of the molecule is CCOC(=O)Cc1cc(N)nc(C(F)F)c1N. The van der Waals surface area contributed by atoms with Crippen molar-refractivity contribution in [3.8, 4) is 0 Å². The van der Waals surface area contributed by atoms with Gasteiger partial charge in [-0.2, -0.15) is 0 Å². The number of nitrogen functional groups attached to an aromatic ring is 2. The summed E-state index contributed by atoms with van der Waals surface area (Å²) in [5.74, 6) is -0.654. The molecule has 0 aliphatic carbocycles. The molecule has 0 unspecified atom stereocenters. The quantitative estimate of drug-likeness (QED) is 0.780. The summed E-state index contributed by atoms with van der Waals surface area (Å²) in [6, 6.07) is 1.29. The summed E-state index contributed by atoms with van der Waals surface area (Å²) in [7, 11) is 0. The molecule has 1 aromatic rings. The Balaban J connectivity index is 3.03. The van der Waals surface area contributed by atoms with E-state index >= 15 is 0 Å². The monoisotopic (exact) mass is 245 g/mol. The molecule has 0 saturated carbocycles. The second-order valence-corrected chi connectivity index (χ2v) is 3.29. The van der Waals surface area contributed by atoms with Gasteiger partial charge in [-0.1, -0.05) is 0 Å². The Labute approximate surface area is 96.8 Å². The predicted octanol–water partition coefficient (Wildman–Crippen LogP) is 1.29. The molecule has 1 aromatic heterocycles. The summed E-state index contributed by atoms with van der Waals surface area (Å²) >= 11 is 0. The molecule has 7 heteroatoms. The Morgan fingerprint density at radius 1 is 1.53 bits per heavy atom. The minimum Gasteiger partial charge on any atom is -0.466 e. The van der Waals surface area contributed by atoms with E-state index in [9.17, 15) is 13.6 Å². The number of esters is 1. The van der Waals surface area contributed by atoms with Gasteiger partial charge < -0.3 is 16.2 Å². The third kappa shape index (κ3) is 3.27. The molecule has 0 saturated heterocycles. The summed E-state index contributed by atoms with van der Waals surface area (Å²) < 4.78 is 29.8. The summed E-state index contributed by atoms with van der Waals surface area (Å²) in [6.07, 6.45) is -3.04. The number of ether oxygens (including phenoxy) is 1. The van der Waals surface area contributed by atoms with Gasteiger partial charge in [0.15, 0.2) is 0 Å². The van der Waals surface area contributed by atoms with E-state index in [2.05, 4.69) is 4.98 Å². The third-order valence-corrected chi connectivity index (χ3v) is 2.04. The fraction of sp³-hybridized carbons (Fsp3) is 0.400. The van der Waals surface area contributed by atoms with Crippen LogP contribution < -0.4 is 11.5 Å². The van der Waals surface area contributed by atoms with E-state index in [0.29, 0.717) is 0 Å². The van der Waals surface area contributed by atoms with Crippen LogP contribution in [0.1, 0.15) is 24.6 Å². The number of alkyl halides is 2. The molecule has 5 nitrogen and oxygen atoms in total. The fourth-order valence-electron chi connectivity index (χ4n) is 1.33. The Hall–Kier alpha value is -1.92. The first-order chi connectivity index (χ1) is 7.95. The Morgan fingerprint density at radius 2 is 2.18 bits per heavy atom. The van der Waals surface area contributed by atoms with Crippen molar-refractivity contribution in [2.24, 2.45) is 0 Å². The van der Waals surface area contributed by atoms with Crippen molar-refractivity contribution in [3.05, 3.63) is 17.3 Å². The molecule has 17 heavy (non-hydrogen) atoms. The van der Waals surface area contributed by atoms with Crippen LogP contribution in [0.25, 0.3) is 0 Å².